The van der Waals surface area contributed by atoms with Crippen molar-refractivity contribution in [2.75, 3.05) is 19.6 Å². The molecule has 0 aromatic rings. The van der Waals surface area contributed by atoms with E-state index in [1.807, 2.05) is 0 Å². The minimum atomic E-state index is 0. The normalized spacial score (nSPS) is 14.8. The monoisotopic (exact) mass is 157 g/mol. The van der Waals surface area contributed by atoms with Gasteiger partial charge in [-0.15, -0.1) is 0 Å². The largest absolute Gasteiger partial charge is 0.356 e. The first kappa shape index (κ1) is 10.3. The first-order chi connectivity index (χ1) is 4.93. The van der Waals surface area contributed by atoms with E-state index in [0.29, 0.717) is 0 Å². The Morgan fingerprint density at radius 1 is 1.64 bits per heavy atom. The van der Waals surface area contributed by atoms with E-state index in [1.165, 1.54) is 12.8 Å². The predicted molar refractivity (Wildman–Crippen MR) is 49.9 cm³/mol. The molecule has 0 saturated heterocycles. The van der Waals surface area contributed by atoms with Crippen molar-refractivity contribution in [3.05, 3.63) is 0 Å². The van der Waals surface area contributed by atoms with Crippen LogP contribution in [0.15, 0.2) is 4.99 Å². The number of nitrogens with zero attached hydrogens (tertiary/aromatic N) is 1. The summed E-state index contributed by atoms with van der Waals surface area (Å²) in [4.78, 5) is 4.20. The van der Waals surface area contributed by atoms with Crippen molar-refractivity contribution in [2.24, 2.45) is 4.99 Å². The fraction of sp³-hybridized carbons (Fsp3) is 0.875. The third-order valence-electron chi connectivity index (χ3n) is 1.50. The average molecular weight is 157 g/mol. The van der Waals surface area contributed by atoms with E-state index >= 15 is 0 Å². The second-order valence-corrected chi connectivity index (χ2v) is 2.44. The van der Waals surface area contributed by atoms with Gasteiger partial charge in [-0.05, 0) is 6.42 Å². The molecule has 0 amide bonds. The molecule has 2 N–H and O–H groups in total. The third-order valence-corrected chi connectivity index (χ3v) is 1.50. The molecule has 0 aliphatic carbocycles. The van der Waals surface area contributed by atoms with Crippen LogP contribution in [0.25, 0.3) is 0 Å². The van der Waals surface area contributed by atoms with Gasteiger partial charge in [0.2, 0.25) is 0 Å². The van der Waals surface area contributed by atoms with Crippen molar-refractivity contribution in [2.45, 2.75) is 27.2 Å². The zero-order valence-electron chi connectivity index (χ0n) is 6.48. The average Bonchev–Trinajstić information content (AvgIpc) is 2.41. The highest BCUT2D eigenvalue weighted by Gasteiger charge is 2.01. The van der Waals surface area contributed by atoms with E-state index in [-0.39, 0.29) is 7.43 Å². The Hall–Kier alpha value is -0.730. The molecule has 0 bridgehead atoms. The second kappa shape index (κ2) is 6.01. The molecule has 0 atom stereocenters. The maximum atomic E-state index is 4.20. The summed E-state index contributed by atoms with van der Waals surface area (Å²) in [5, 5.41) is 6.38. The maximum absolute atomic E-state index is 4.20. The van der Waals surface area contributed by atoms with Crippen LogP contribution in [-0.4, -0.2) is 25.6 Å². The zero-order chi connectivity index (χ0) is 7.23. The SMILES string of the molecule is C.CCCCNC1=NCCN1. The molecule has 3 heteroatoms. The Balaban J connectivity index is 0.000001000. The van der Waals surface area contributed by atoms with Gasteiger partial charge >= 0.3 is 0 Å². The highest BCUT2D eigenvalue weighted by Crippen LogP contribution is 1.84. The fourth-order valence-electron chi connectivity index (χ4n) is 0.900. The smallest absolute Gasteiger partial charge is 0.191 e. The van der Waals surface area contributed by atoms with Gasteiger partial charge < -0.3 is 10.6 Å². The van der Waals surface area contributed by atoms with Crippen molar-refractivity contribution in [3.63, 3.8) is 0 Å². The number of hydrogen-bond acceptors (Lipinski definition) is 3. The van der Waals surface area contributed by atoms with E-state index in [0.717, 1.165) is 25.6 Å². The summed E-state index contributed by atoms with van der Waals surface area (Å²) >= 11 is 0. The number of hydrogen-bond donors (Lipinski definition) is 2. The minimum absolute atomic E-state index is 0. The fourth-order valence-corrected chi connectivity index (χ4v) is 0.900. The second-order valence-electron chi connectivity index (χ2n) is 2.44. The molecular weight excluding hydrogens is 138 g/mol. The van der Waals surface area contributed by atoms with E-state index in [4.69, 9.17) is 0 Å². The van der Waals surface area contributed by atoms with Gasteiger partial charge in [-0.3, -0.25) is 4.99 Å². The van der Waals surface area contributed by atoms with Crippen LogP contribution in [0.5, 0.6) is 0 Å². The van der Waals surface area contributed by atoms with Crippen molar-refractivity contribution >= 4 is 5.96 Å². The lowest BCUT2D eigenvalue weighted by Crippen LogP contribution is -2.34. The summed E-state index contributed by atoms with van der Waals surface area (Å²) in [6.07, 6.45) is 2.46. The molecule has 0 saturated carbocycles. The highest BCUT2D eigenvalue weighted by atomic mass is 15.2. The molecule has 1 heterocycles. The van der Waals surface area contributed by atoms with Crippen LogP contribution < -0.4 is 10.6 Å². The first-order valence-corrected chi connectivity index (χ1v) is 3.95. The molecule has 0 aromatic heterocycles. The number of aliphatic imine (C=N–C) groups is 1. The molecule has 3 nitrogen and oxygen atoms in total. The van der Waals surface area contributed by atoms with Crippen molar-refractivity contribution in [1.82, 2.24) is 10.6 Å². The maximum Gasteiger partial charge on any atom is 0.191 e. The van der Waals surface area contributed by atoms with Crippen molar-refractivity contribution in [1.29, 1.82) is 0 Å². The summed E-state index contributed by atoms with van der Waals surface area (Å²) < 4.78 is 0. The summed E-state index contributed by atoms with van der Waals surface area (Å²) in [6.45, 7) is 5.15. The molecule has 0 radical (unpaired) electrons. The molecule has 0 aromatic carbocycles. The Bertz CT molecular complexity index is 121. The van der Waals surface area contributed by atoms with Gasteiger partial charge in [-0.1, -0.05) is 20.8 Å². The van der Waals surface area contributed by atoms with Crippen LogP contribution in [0.3, 0.4) is 0 Å². The summed E-state index contributed by atoms with van der Waals surface area (Å²) in [6, 6.07) is 0. The lowest BCUT2D eigenvalue weighted by Gasteiger charge is -2.03. The topological polar surface area (TPSA) is 36.4 Å². The molecular formula is C8H19N3. The Labute approximate surface area is 69.3 Å². The Morgan fingerprint density at radius 2 is 2.45 bits per heavy atom. The molecule has 1 aliphatic heterocycles. The van der Waals surface area contributed by atoms with Crippen LogP contribution in [0.1, 0.15) is 27.2 Å². The predicted octanol–water partition coefficient (Wildman–Crippen LogP) is 0.971. The van der Waals surface area contributed by atoms with Crippen LogP contribution in [0.4, 0.5) is 0 Å². The van der Waals surface area contributed by atoms with Crippen molar-refractivity contribution in [3.8, 4) is 0 Å². The lowest BCUT2D eigenvalue weighted by atomic mass is 10.3. The zero-order valence-corrected chi connectivity index (χ0v) is 6.48. The quantitative estimate of drug-likeness (QED) is 0.599. The minimum Gasteiger partial charge on any atom is -0.356 e. The molecule has 0 fully saturated rings. The molecule has 66 valence electrons. The van der Waals surface area contributed by atoms with Crippen LogP contribution in [0, 0.1) is 0 Å². The Kier molecular flexibility index (Phi) is 5.61. The number of unbranched alkanes of at least 4 members (excludes halogenated alkanes) is 1. The van der Waals surface area contributed by atoms with Gasteiger partial charge in [-0.2, -0.15) is 0 Å². The standard InChI is InChI=1S/C7H15N3.CH4/c1-2-3-4-8-7-9-5-6-10-7;/h2-6H2,1H3,(H2,8,9,10);1H4. The molecule has 1 rings (SSSR count). The van der Waals surface area contributed by atoms with Gasteiger partial charge in [0.1, 0.15) is 0 Å². The summed E-state index contributed by atoms with van der Waals surface area (Å²) in [5.41, 5.74) is 0. The van der Waals surface area contributed by atoms with E-state index < -0.39 is 0 Å². The highest BCUT2D eigenvalue weighted by molar-refractivity contribution is 5.81. The number of rotatable bonds is 3. The van der Waals surface area contributed by atoms with Gasteiger partial charge in [0.15, 0.2) is 5.96 Å². The lowest BCUT2D eigenvalue weighted by molar-refractivity contribution is 0.744. The molecule has 0 unspecified atom stereocenters. The van der Waals surface area contributed by atoms with Crippen LogP contribution >= 0.6 is 0 Å². The molecule has 1 aliphatic rings. The van der Waals surface area contributed by atoms with E-state index in [2.05, 4.69) is 22.5 Å². The van der Waals surface area contributed by atoms with Gasteiger partial charge in [0, 0.05) is 13.1 Å². The third kappa shape index (κ3) is 3.86. The number of nitrogens with one attached hydrogen (secondary N) is 2. The summed E-state index contributed by atoms with van der Waals surface area (Å²) in [7, 11) is 0. The van der Waals surface area contributed by atoms with Crippen LogP contribution in [-0.2, 0) is 0 Å². The molecule has 11 heavy (non-hydrogen) atoms. The van der Waals surface area contributed by atoms with E-state index in [9.17, 15) is 0 Å². The Morgan fingerprint density at radius 3 is 3.00 bits per heavy atom. The molecule has 0 spiro atoms. The van der Waals surface area contributed by atoms with Crippen LogP contribution in [0.2, 0.25) is 0 Å². The first-order valence-electron chi connectivity index (χ1n) is 3.95. The van der Waals surface area contributed by atoms with Crippen molar-refractivity contribution < 1.29 is 0 Å². The van der Waals surface area contributed by atoms with Gasteiger partial charge in [-0.25, -0.2) is 0 Å². The summed E-state index contributed by atoms with van der Waals surface area (Å²) in [5.74, 6) is 0.980. The van der Waals surface area contributed by atoms with Gasteiger partial charge in [0.05, 0.1) is 6.54 Å². The number of guanidine groups is 1. The van der Waals surface area contributed by atoms with Gasteiger partial charge in [0.25, 0.3) is 0 Å². The van der Waals surface area contributed by atoms with E-state index in [1.54, 1.807) is 0 Å².